The molecule has 0 heterocycles. The second kappa shape index (κ2) is 11.1. The third-order valence-electron chi connectivity index (χ3n) is 3.09. The zero-order valence-corrected chi connectivity index (χ0v) is 13.6. The van der Waals surface area contributed by atoms with Crippen molar-refractivity contribution < 1.29 is 4.74 Å². The maximum atomic E-state index is 5.85. The molecule has 4 heteroatoms. The van der Waals surface area contributed by atoms with Crippen LogP contribution in [0.4, 0.5) is 0 Å². The van der Waals surface area contributed by atoms with Gasteiger partial charge in [0.05, 0.1) is 6.10 Å². The van der Waals surface area contributed by atoms with Crippen molar-refractivity contribution in [1.82, 2.24) is 10.6 Å². The van der Waals surface area contributed by atoms with Crippen molar-refractivity contribution in [2.75, 3.05) is 26.2 Å². The Balaban J connectivity index is 2.18. The quantitative estimate of drug-likeness (QED) is 0.417. The molecule has 1 atom stereocenters. The Bertz CT molecular complexity index is 392. The molecule has 1 rings (SSSR count). The molecule has 1 aromatic rings. The molecule has 0 aliphatic rings. The van der Waals surface area contributed by atoms with Gasteiger partial charge in [0.2, 0.25) is 0 Å². The molecule has 0 aliphatic heterocycles. The average Bonchev–Trinajstić information content (AvgIpc) is 2.52. The number of benzene rings is 1. The van der Waals surface area contributed by atoms with Crippen LogP contribution in [0, 0.1) is 0 Å². The Morgan fingerprint density at radius 3 is 2.62 bits per heavy atom. The fraction of sp³-hybridized carbons (Fsp3) is 0.588. The molecule has 4 nitrogen and oxygen atoms in total. The number of aliphatic imine (C=N–C) groups is 1. The molecule has 0 saturated carbocycles. The van der Waals surface area contributed by atoms with Crippen molar-refractivity contribution in [3.63, 3.8) is 0 Å². The lowest BCUT2D eigenvalue weighted by molar-refractivity contribution is 0.0646. The number of hydrogen-bond donors (Lipinski definition) is 2. The highest BCUT2D eigenvalue weighted by Crippen LogP contribution is 2.15. The van der Waals surface area contributed by atoms with E-state index in [-0.39, 0.29) is 6.10 Å². The van der Waals surface area contributed by atoms with Crippen LogP contribution >= 0.6 is 0 Å². The van der Waals surface area contributed by atoms with Crippen molar-refractivity contribution in [1.29, 1.82) is 0 Å². The molecule has 0 aromatic heterocycles. The van der Waals surface area contributed by atoms with Gasteiger partial charge in [-0.25, -0.2) is 0 Å². The Morgan fingerprint density at radius 1 is 1.19 bits per heavy atom. The summed E-state index contributed by atoms with van der Waals surface area (Å²) in [5.74, 6) is 0.899. The second-order valence-corrected chi connectivity index (χ2v) is 4.96. The molecule has 0 saturated heterocycles. The van der Waals surface area contributed by atoms with Crippen LogP contribution in [0.25, 0.3) is 0 Å². The average molecular weight is 291 g/mol. The highest BCUT2D eigenvalue weighted by atomic mass is 16.5. The first-order valence-electron chi connectivity index (χ1n) is 7.96. The zero-order valence-electron chi connectivity index (χ0n) is 13.6. The number of guanidine groups is 1. The van der Waals surface area contributed by atoms with Crippen molar-refractivity contribution in [2.24, 2.45) is 4.99 Å². The Labute approximate surface area is 129 Å². The summed E-state index contributed by atoms with van der Waals surface area (Å²) in [6.45, 7) is 9.66. The number of rotatable bonds is 9. The summed E-state index contributed by atoms with van der Waals surface area (Å²) < 4.78 is 5.85. The van der Waals surface area contributed by atoms with E-state index >= 15 is 0 Å². The van der Waals surface area contributed by atoms with Crippen LogP contribution in [0.5, 0.6) is 0 Å². The van der Waals surface area contributed by atoms with Gasteiger partial charge < -0.3 is 15.4 Å². The highest BCUT2D eigenvalue weighted by Gasteiger charge is 2.04. The van der Waals surface area contributed by atoms with Gasteiger partial charge in [-0.3, -0.25) is 4.99 Å². The number of hydrogen-bond acceptors (Lipinski definition) is 2. The van der Waals surface area contributed by atoms with Gasteiger partial charge in [-0.2, -0.15) is 0 Å². The van der Waals surface area contributed by atoms with Crippen LogP contribution in [-0.4, -0.2) is 32.2 Å². The fourth-order valence-electron chi connectivity index (χ4n) is 1.92. The topological polar surface area (TPSA) is 45.7 Å². The summed E-state index contributed by atoms with van der Waals surface area (Å²) in [6.07, 6.45) is 2.18. The van der Waals surface area contributed by atoms with E-state index in [0.29, 0.717) is 0 Å². The van der Waals surface area contributed by atoms with Crippen molar-refractivity contribution in [2.45, 2.75) is 39.7 Å². The van der Waals surface area contributed by atoms with Crippen LogP contribution in [-0.2, 0) is 4.74 Å². The Hall–Kier alpha value is -1.55. The van der Waals surface area contributed by atoms with E-state index in [9.17, 15) is 0 Å². The number of nitrogens with one attached hydrogen (secondary N) is 2. The van der Waals surface area contributed by atoms with E-state index in [1.165, 1.54) is 5.56 Å². The maximum absolute atomic E-state index is 5.85. The molecule has 1 aromatic carbocycles. The van der Waals surface area contributed by atoms with E-state index in [4.69, 9.17) is 4.74 Å². The van der Waals surface area contributed by atoms with Gasteiger partial charge >= 0.3 is 0 Å². The van der Waals surface area contributed by atoms with E-state index in [2.05, 4.69) is 48.5 Å². The fourth-order valence-corrected chi connectivity index (χ4v) is 1.92. The molecule has 21 heavy (non-hydrogen) atoms. The van der Waals surface area contributed by atoms with Crippen LogP contribution in [0.1, 0.15) is 45.3 Å². The predicted octanol–water partition coefficient (Wildman–Crippen LogP) is 3.12. The molecular weight excluding hydrogens is 262 g/mol. The van der Waals surface area contributed by atoms with Gasteiger partial charge in [0.1, 0.15) is 0 Å². The summed E-state index contributed by atoms with van der Waals surface area (Å²) in [5.41, 5.74) is 1.23. The third-order valence-corrected chi connectivity index (χ3v) is 3.09. The number of ether oxygens (including phenoxy) is 1. The molecule has 0 fully saturated rings. The SMILES string of the molecule is CCCN=C(NCC)NCCCOC(C)c1ccccc1. The molecule has 0 spiro atoms. The lowest BCUT2D eigenvalue weighted by atomic mass is 10.1. The van der Waals surface area contributed by atoms with Gasteiger partial charge in [-0.15, -0.1) is 0 Å². The van der Waals surface area contributed by atoms with Gasteiger partial charge in [0, 0.05) is 26.2 Å². The van der Waals surface area contributed by atoms with Crippen LogP contribution in [0.2, 0.25) is 0 Å². The van der Waals surface area contributed by atoms with Crippen LogP contribution in [0.3, 0.4) is 0 Å². The third kappa shape index (κ3) is 7.71. The molecule has 0 amide bonds. The van der Waals surface area contributed by atoms with E-state index in [0.717, 1.165) is 45.0 Å². The zero-order chi connectivity index (χ0) is 15.3. The van der Waals surface area contributed by atoms with Gasteiger partial charge in [-0.1, -0.05) is 37.3 Å². The standard InChI is InChI=1S/C17H29N3O/c1-4-12-19-17(18-5-2)20-13-9-14-21-15(3)16-10-7-6-8-11-16/h6-8,10-11,15H,4-5,9,12-14H2,1-3H3,(H2,18,19,20). The van der Waals surface area contributed by atoms with E-state index in [1.54, 1.807) is 0 Å². The second-order valence-electron chi connectivity index (χ2n) is 4.96. The minimum Gasteiger partial charge on any atom is -0.374 e. The first-order valence-corrected chi connectivity index (χ1v) is 7.96. The summed E-state index contributed by atoms with van der Waals surface area (Å²) in [4.78, 5) is 4.47. The first-order chi connectivity index (χ1) is 10.3. The smallest absolute Gasteiger partial charge is 0.191 e. The first kappa shape index (κ1) is 17.5. The van der Waals surface area contributed by atoms with Crippen molar-refractivity contribution >= 4 is 5.96 Å². The normalized spacial score (nSPS) is 13.0. The van der Waals surface area contributed by atoms with E-state index in [1.807, 2.05) is 18.2 Å². The minimum absolute atomic E-state index is 0.146. The number of nitrogens with zero attached hydrogens (tertiary/aromatic N) is 1. The predicted molar refractivity (Wildman–Crippen MR) is 89.7 cm³/mol. The van der Waals surface area contributed by atoms with Crippen LogP contribution < -0.4 is 10.6 Å². The Kier molecular flexibility index (Phi) is 9.29. The van der Waals surface area contributed by atoms with Crippen molar-refractivity contribution in [3.8, 4) is 0 Å². The van der Waals surface area contributed by atoms with Gasteiger partial charge in [0.25, 0.3) is 0 Å². The summed E-state index contributed by atoms with van der Waals surface area (Å²) in [6, 6.07) is 10.3. The van der Waals surface area contributed by atoms with Crippen LogP contribution in [0.15, 0.2) is 35.3 Å². The minimum atomic E-state index is 0.146. The summed E-state index contributed by atoms with van der Waals surface area (Å²) in [5, 5.41) is 6.57. The molecular formula is C17H29N3O. The molecule has 2 N–H and O–H groups in total. The maximum Gasteiger partial charge on any atom is 0.191 e. The molecule has 118 valence electrons. The monoisotopic (exact) mass is 291 g/mol. The van der Waals surface area contributed by atoms with Crippen molar-refractivity contribution in [3.05, 3.63) is 35.9 Å². The van der Waals surface area contributed by atoms with Gasteiger partial charge in [0.15, 0.2) is 5.96 Å². The highest BCUT2D eigenvalue weighted by molar-refractivity contribution is 5.79. The molecule has 0 radical (unpaired) electrons. The lowest BCUT2D eigenvalue weighted by Gasteiger charge is -2.14. The molecule has 0 aliphatic carbocycles. The Morgan fingerprint density at radius 2 is 1.95 bits per heavy atom. The largest absolute Gasteiger partial charge is 0.374 e. The lowest BCUT2D eigenvalue weighted by Crippen LogP contribution is -2.38. The molecule has 0 bridgehead atoms. The molecule has 1 unspecified atom stereocenters. The van der Waals surface area contributed by atoms with E-state index < -0.39 is 0 Å². The van der Waals surface area contributed by atoms with Gasteiger partial charge in [-0.05, 0) is 32.3 Å². The summed E-state index contributed by atoms with van der Waals surface area (Å²) >= 11 is 0. The summed E-state index contributed by atoms with van der Waals surface area (Å²) in [7, 11) is 0.